The molecule has 0 atom stereocenters. The molecule has 0 bridgehead atoms. The molecule has 0 radical (unpaired) electrons. The Morgan fingerprint density at radius 3 is 2.34 bits per heavy atom. The fourth-order valence-corrected chi connectivity index (χ4v) is 3.19. The Bertz CT molecular complexity index is 1150. The average molecular weight is 548 g/mol. The molecule has 0 saturated carbocycles. The Balaban J connectivity index is 1.63. The van der Waals surface area contributed by atoms with Gasteiger partial charge in [-0.3, -0.25) is 20.3 Å². The van der Waals surface area contributed by atoms with Gasteiger partial charge >= 0.3 is 6.09 Å². The number of unbranched alkanes of at least 4 members (excludes halogenated alkanes) is 1. The number of carbonyl (C=O) groups is 3. The highest BCUT2D eigenvalue weighted by atomic mass is 35.5. The summed E-state index contributed by atoms with van der Waals surface area (Å²) in [5.41, 5.74) is 12.1. The summed E-state index contributed by atoms with van der Waals surface area (Å²) in [4.78, 5) is 43.4. The Labute approximate surface area is 226 Å². The normalized spacial score (nSPS) is 10.8. The van der Waals surface area contributed by atoms with Gasteiger partial charge in [0.05, 0.1) is 0 Å². The number of hydrogen-bond acceptors (Lipinski definition) is 9. The predicted molar refractivity (Wildman–Crippen MR) is 146 cm³/mol. The third kappa shape index (κ3) is 10.9. The van der Waals surface area contributed by atoms with Crippen LogP contribution in [0.25, 0.3) is 0 Å². The molecule has 3 amide bonds. The van der Waals surface area contributed by atoms with Crippen molar-refractivity contribution in [2.75, 3.05) is 29.9 Å². The fourth-order valence-electron chi connectivity index (χ4n) is 3.06. The van der Waals surface area contributed by atoms with Gasteiger partial charge in [-0.05, 0) is 57.7 Å². The van der Waals surface area contributed by atoms with Crippen molar-refractivity contribution in [2.45, 2.75) is 52.1 Å². The molecule has 0 unspecified atom stereocenters. The van der Waals surface area contributed by atoms with E-state index in [1.165, 1.54) is 0 Å². The maximum absolute atomic E-state index is 12.2. The quantitative estimate of drug-likeness (QED) is 0.132. The van der Waals surface area contributed by atoms with Crippen LogP contribution in [-0.4, -0.2) is 52.5 Å². The summed E-state index contributed by atoms with van der Waals surface area (Å²) in [6.45, 7) is 5.94. The number of anilines is 3. The van der Waals surface area contributed by atoms with Gasteiger partial charge in [-0.15, -0.1) is 0 Å². The van der Waals surface area contributed by atoms with Crippen molar-refractivity contribution in [2.24, 2.45) is 0 Å². The average Bonchev–Trinajstić information content (AvgIpc) is 2.81. The Morgan fingerprint density at radius 1 is 1.00 bits per heavy atom. The number of nitrogens with two attached hydrogens (primary N) is 2. The molecule has 0 spiro atoms. The van der Waals surface area contributed by atoms with E-state index in [1.54, 1.807) is 20.8 Å². The number of ether oxygens (including phenoxy) is 1. The van der Waals surface area contributed by atoms with Crippen LogP contribution in [0, 0.1) is 5.41 Å². The Kier molecular flexibility index (Phi) is 11.1. The molecule has 1 heterocycles. The van der Waals surface area contributed by atoms with E-state index in [2.05, 4.69) is 31.2 Å². The largest absolute Gasteiger partial charge is 0.444 e. The van der Waals surface area contributed by atoms with E-state index in [0.29, 0.717) is 12.2 Å². The van der Waals surface area contributed by atoms with E-state index in [9.17, 15) is 14.4 Å². The van der Waals surface area contributed by atoms with Crippen molar-refractivity contribution < 1.29 is 19.1 Å². The highest BCUT2D eigenvalue weighted by Gasteiger charge is 2.17. The number of aryl methyl sites for hydroxylation is 1. The molecule has 1 aromatic heterocycles. The van der Waals surface area contributed by atoms with E-state index in [1.807, 2.05) is 24.3 Å². The van der Waals surface area contributed by atoms with Crippen molar-refractivity contribution in [3.63, 3.8) is 0 Å². The monoisotopic (exact) mass is 547 g/mol. The molecule has 0 aliphatic carbocycles. The van der Waals surface area contributed by atoms with Crippen molar-refractivity contribution in [1.82, 2.24) is 25.9 Å². The molecule has 14 heteroatoms. The van der Waals surface area contributed by atoms with Gasteiger partial charge < -0.3 is 32.2 Å². The van der Waals surface area contributed by atoms with Gasteiger partial charge in [0.1, 0.15) is 5.60 Å². The van der Waals surface area contributed by atoms with Gasteiger partial charge in [0, 0.05) is 25.2 Å². The molecular weight excluding hydrogens is 514 g/mol. The number of nitrogens with one attached hydrogen (secondary N) is 5. The number of hydrogen-bond donors (Lipinski definition) is 7. The van der Waals surface area contributed by atoms with Gasteiger partial charge in [-0.25, -0.2) is 14.8 Å². The molecule has 1 aromatic carbocycles. The Morgan fingerprint density at radius 2 is 1.68 bits per heavy atom. The summed E-state index contributed by atoms with van der Waals surface area (Å²) in [7, 11) is 0. The standard InChI is InChI=1S/C24H34ClN9O4/c1-24(2,3)38-23(37)30-13-11-16(35)31-15-9-7-14(8-10-15)6-4-5-12-29-22(28)34-21(36)17-19(26)33-20(27)18(25)32-17/h7-10H,4-6,11-13H2,1-3H3,(H,30,37)(H,31,35)(H4,26,27,33)(H3,28,29,34,36). The minimum absolute atomic E-state index is 0.0852. The number of aromatic nitrogens is 2. The second-order valence-corrected chi connectivity index (χ2v) is 9.63. The Hall–Kier alpha value is -4.13. The van der Waals surface area contributed by atoms with Crippen LogP contribution in [0.5, 0.6) is 0 Å². The SMILES string of the molecule is CC(C)(C)OC(=O)NCCC(=O)Nc1ccc(CCCCNC(=N)NC(=O)c2nc(Cl)c(N)nc2N)cc1. The zero-order valence-corrected chi connectivity index (χ0v) is 22.4. The minimum Gasteiger partial charge on any atom is -0.444 e. The zero-order chi connectivity index (χ0) is 28.3. The number of amides is 3. The van der Waals surface area contributed by atoms with E-state index >= 15 is 0 Å². The molecule has 0 fully saturated rings. The van der Waals surface area contributed by atoms with E-state index in [4.69, 9.17) is 33.2 Å². The molecule has 2 rings (SSSR count). The summed E-state index contributed by atoms with van der Waals surface area (Å²) >= 11 is 5.77. The van der Waals surface area contributed by atoms with Gasteiger partial charge in [-0.1, -0.05) is 23.7 Å². The number of rotatable bonds is 10. The van der Waals surface area contributed by atoms with Gasteiger partial charge in [0.2, 0.25) is 5.91 Å². The number of carbonyl (C=O) groups excluding carboxylic acids is 3. The van der Waals surface area contributed by atoms with Gasteiger partial charge in [0.15, 0.2) is 28.4 Å². The maximum atomic E-state index is 12.2. The van der Waals surface area contributed by atoms with Crippen molar-refractivity contribution in [1.29, 1.82) is 5.41 Å². The maximum Gasteiger partial charge on any atom is 0.407 e. The minimum atomic E-state index is -0.721. The van der Waals surface area contributed by atoms with Crippen molar-refractivity contribution >= 4 is 52.8 Å². The second-order valence-electron chi connectivity index (χ2n) is 9.27. The molecule has 206 valence electrons. The van der Waals surface area contributed by atoms with Crippen LogP contribution in [0.2, 0.25) is 5.15 Å². The molecule has 38 heavy (non-hydrogen) atoms. The predicted octanol–water partition coefficient (Wildman–Crippen LogP) is 2.42. The van der Waals surface area contributed by atoms with Crippen molar-refractivity contribution in [3.8, 4) is 0 Å². The lowest BCUT2D eigenvalue weighted by molar-refractivity contribution is -0.116. The summed E-state index contributed by atoms with van der Waals surface area (Å²) in [6, 6.07) is 7.48. The highest BCUT2D eigenvalue weighted by molar-refractivity contribution is 6.31. The number of nitrogens with zero attached hydrogens (tertiary/aromatic N) is 2. The van der Waals surface area contributed by atoms with Crippen molar-refractivity contribution in [3.05, 3.63) is 40.7 Å². The molecule has 0 aliphatic heterocycles. The van der Waals surface area contributed by atoms with E-state index < -0.39 is 17.6 Å². The third-order valence-corrected chi connectivity index (χ3v) is 5.09. The zero-order valence-electron chi connectivity index (χ0n) is 21.6. The molecule has 0 aliphatic rings. The first-order valence-corrected chi connectivity index (χ1v) is 12.3. The van der Waals surface area contributed by atoms with Crippen LogP contribution < -0.4 is 32.7 Å². The van der Waals surface area contributed by atoms with Gasteiger partial charge in [-0.2, -0.15) is 0 Å². The van der Waals surface area contributed by atoms with Crippen LogP contribution in [0.3, 0.4) is 0 Å². The smallest absolute Gasteiger partial charge is 0.407 e. The van der Waals surface area contributed by atoms with E-state index in [0.717, 1.165) is 24.8 Å². The number of guanidine groups is 1. The summed E-state index contributed by atoms with van der Waals surface area (Å²) in [5, 5.41) is 18.2. The molecule has 13 nitrogen and oxygen atoms in total. The number of benzene rings is 1. The van der Waals surface area contributed by atoms with Crippen LogP contribution in [0.4, 0.5) is 22.1 Å². The summed E-state index contributed by atoms with van der Waals surface area (Å²) < 4.78 is 5.12. The van der Waals surface area contributed by atoms with Gasteiger partial charge in [0.25, 0.3) is 5.91 Å². The van der Waals surface area contributed by atoms with Crippen LogP contribution in [0.15, 0.2) is 24.3 Å². The third-order valence-electron chi connectivity index (χ3n) is 4.81. The van der Waals surface area contributed by atoms with Crippen LogP contribution in [-0.2, 0) is 16.0 Å². The lowest BCUT2D eigenvalue weighted by Gasteiger charge is -2.19. The van der Waals surface area contributed by atoms with Crippen LogP contribution >= 0.6 is 11.6 Å². The number of alkyl carbamates (subject to hydrolysis) is 1. The lowest BCUT2D eigenvalue weighted by atomic mass is 10.1. The molecule has 0 saturated heterocycles. The summed E-state index contributed by atoms with van der Waals surface area (Å²) in [5.74, 6) is -1.41. The second kappa shape index (κ2) is 14.0. The number of nitrogen functional groups attached to an aromatic ring is 2. The fraction of sp³-hybridized carbons (Fsp3) is 0.417. The molecular formula is C24H34ClN9O4. The highest BCUT2D eigenvalue weighted by Crippen LogP contribution is 2.17. The van der Waals surface area contributed by atoms with E-state index in [-0.39, 0.29) is 47.3 Å². The topological polar surface area (TPSA) is 210 Å². The lowest BCUT2D eigenvalue weighted by Crippen LogP contribution is -2.41. The van der Waals surface area contributed by atoms with Crippen LogP contribution in [0.1, 0.15) is 56.1 Å². The first kappa shape index (κ1) is 30.1. The summed E-state index contributed by atoms with van der Waals surface area (Å²) in [6.07, 6.45) is 1.94. The molecule has 2 aromatic rings. The first-order valence-electron chi connectivity index (χ1n) is 11.9. The first-order chi connectivity index (χ1) is 17.8. The number of halogens is 1. The molecule has 9 N–H and O–H groups in total.